The molecule has 1 unspecified atom stereocenters. The van der Waals surface area contributed by atoms with Gasteiger partial charge in [-0.25, -0.2) is 0 Å². The van der Waals surface area contributed by atoms with Crippen molar-refractivity contribution >= 4 is 52.5 Å². The van der Waals surface area contributed by atoms with Gasteiger partial charge in [0.05, 0.1) is 0 Å². The molecule has 0 spiro atoms. The summed E-state index contributed by atoms with van der Waals surface area (Å²) in [7, 11) is 3.90. The van der Waals surface area contributed by atoms with Gasteiger partial charge >= 0.3 is 186 Å². The van der Waals surface area contributed by atoms with Crippen LogP contribution in [0, 0.1) is 17.8 Å². The van der Waals surface area contributed by atoms with Crippen LogP contribution in [0.1, 0.15) is 43.4 Å². The number of aliphatic carboxylic acids is 1. The fourth-order valence-corrected chi connectivity index (χ4v) is 5.27. The van der Waals surface area contributed by atoms with Crippen molar-refractivity contribution in [3.8, 4) is 0 Å². The van der Waals surface area contributed by atoms with Crippen molar-refractivity contribution in [2.45, 2.75) is 51.0 Å². The Bertz CT molecular complexity index is 758. The molecule has 2 rings (SSSR count). The van der Waals surface area contributed by atoms with Crippen molar-refractivity contribution in [3.05, 3.63) is 45.1 Å². The molecule has 0 bridgehead atoms. The van der Waals surface area contributed by atoms with Crippen LogP contribution in [0.2, 0.25) is 0 Å². The molecule has 156 valence electrons. The Morgan fingerprint density at radius 1 is 1.31 bits per heavy atom. The van der Waals surface area contributed by atoms with Crippen molar-refractivity contribution in [1.82, 2.24) is 0 Å². The first-order valence-electron chi connectivity index (χ1n) is 10.0. The number of aryl methyl sites for hydroxylation is 1. The number of aliphatic hydroxyl groups excluding tert-OH is 1. The van der Waals surface area contributed by atoms with Crippen molar-refractivity contribution in [3.63, 3.8) is 0 Å². The molecule has 1 aliphatic rings. The second-order valence-electron chi connectivity index (χ2n) is 7.49. The summed E-state index contributed by atoms with van der Waals surface area (Å²) in [5.74, 6) is 1.49. The zero-order valence-corrected chi connectivity index (χ0v) is 18.9. The molecule has 0 radical (unpaired) electrons. The average Bonchev–Trinajstić information content (AvgIpc) is 3.23. The minimum absolute atomic E-state index is 0.0472. The molecule has 0 aliphatic heterocycles. The van der Waals surface area contributed by atoms with E-state index < -0.39 is 12.1 Å². The third-order valence-electron chi connectivity index (χ3n) is 5.38. The predicted molar refractivity (Wildman–Crippen MR) is 124 cm³/mol. The molecule has 4 nitrogen and oxygen atoms in total. The number of carboxylic acids is 1. The van der Waals surface area contributed by atoms with E-state index in [0.717, 1.165) is 17.3 Å². The molecule has 2 N–H and O–H groups in total. The van der Waals surface area contributed by atoms with E-state index in [2.05, 4.69) is 23.4 Å². The third-order valence-corrected chi connectivity index (χ3v) is 7.14. The molecular weight excluding hydrogens is 451 g/mol. The Morgan fingerprint density at radius 3 is 2.76 bits per heavy atom. The zero-order valence-electron chi connectivity index (χ0n) is 16.5. The monoisotopic (exact) mass is 478 g/mol. The fraction of sp³-hybridized carbons (Fsp3) is 0.500. The van der Waals surface area contributed by atoms with Crippen LogP contribution in [-0.2, 0) is 16.0 Å². The number of hydrogen-bond acceptors (Lipinski definition) is 4. The van der Waals surface area contributed by atoms with E-state index in [-0.39, 0.29) is 30.0 Å². The normalized spacial score (nSPS) is 24.4. The van der Waals surface area contributed by atoms with Crippen molar-refractivity contribution in [2.24, 2.45) is 17.8 Å². The number of carbonyl (C=O) groups is 2. The van der Waals surface area contributed by atoms with Gasteiger partial charge in [-0.3, -0.25) is 0 Å². The number of aliphatic hydroxyl groups is 1. The number of ketones is 1. The van der Waals surface area contributed by atoms with E-state index >= 15 is 0 Å². The maximum absolute atomic E-state index is 12.3. The fourth-order valence-electron chi connectivity index (χ4n) is 3.81. The van der Waals surface area contributed by atoms with Gasteiger partial charge in [-0.1, -0.05) is 0 Å². The van der Waals surface area contributed by atoms with Crippen LogP contribution < -0.4 is 0 Å². The van der Waals surface area contributed by atoms with E-state index in [1.54, 1.807) is 17.4 Å². The van der Waals surface area contributed by atoms with Crippen LogP contribution in [0.3, 0.4) is 0 Å². The molecule has 29 heavy (non-hydrogen) atoms. The summed E-state index contributed by atoms with van der Waals surface area (Å²) in [5.41, 5.74) is 0. The summed E-state index contributed by atoms with van der Waals surface area (Å²) in [4.78, 5) is 24.0. The number of hydrogen-bond donors (Lipinski definition) is 2. The topological polar surface area (TPSA) is 74.6 Å². The molecule has 1 aromatic rings. The molecule has 1 fully saturated rings. The molecule has 7 heteroatoms. The first-order valence-corrected chi connectivity index (χ1v) is 11.7. The molecular formula is C22H28BBrO4S. The van der Waals surface area contributed by atoms with Gasteiger partial charge < -0.3 is 0 Å². The standard InChI is InChI=1S/C22H28BBrO4S/c23-13-15-11-21(26)20(5-3-1-2-4-6-22(27)28)19(15)10-8-17(25)7-9-18-12-16(24)14-29-18/h1,3,8,10,12-15,19-21,23,26H,2,4-7,9,11H2,(H,27,28)/b3-1-,10-8+/t15-,19-,20+,21?/m0/s1. The zero-order chi connectivity index (χ0) is 21.2. The van der Waals surface area contributed by atoms with Gasteiger partial charge in [0.2, 0.25) is 0 Å². The van der Waals surface area contributed by atoms with Gasteiger partial charge in [0.25, 0.3) is 0 Å². The van der Waals surface area contributed by atoms with Crippen LogP contribution in [0.4, 0.5) is 0 Å². The van der Waals surface area contributed by atoms with Crippen LogP contribution >= 0.6 is 27.3 Å². The Labute approximate surface area is 185 Å². The van der Waals surface area contributed by atoms with Crippen molar-refractivity contribution in [2.75, 3.05) is 0 Å². The van der Waals surface area contributed by atoms with Gasteiger partial charge in [0, 0.05) is 0 Å². The first-order chi connectivity index (χ1) is 13.9. The summed E-state index contributed by atoms with van der Waals surface area (Å²) < 4.78 is 1.05. The van der Waals surface area contributed by atoms with E-state index in [9.17, 15) is 14.7 Å². The molecule has 1 aliphatic carbocycles. The van der Waals surface area contributed by atoms with Crippen LogP contribution in [0.15, 0.2) is 40.2 Å². The second kappa shape index (κ2) is 12.4. The van der Waals surface area contributed by atoms with Gasteiger partial charge in [-0.05, 0) is 0 Å². The molecule has 0 saturated heterocycles. The van der Waals surface area contributed by atoms with Crippen molar-refractivity contribution in [1.29, 1.82) is 0 Å². The molecule has 1 aromatic heterocycles. The Kier molecular flexibility index (Phi) is 10.3. The SMILES string of the molecule is B=C[C@@H]1CC(O)[C@H](C/C=C\CCCC(=O)O)[C@H]1/C=C/C(=O)CCc1cc(Br)cs1. The molecule has 0 amide bonds. The summed E-state index contributed by atoms with van der Waals surface area (Å²) in [6, 6.07) is 2.04. The Balaban J connectivity index is 1.88. The number of allylic oxidation sites excluding steroid dienone is 4. The number of carbonyl (C=O) groups excluding carboxylic acids is 1. The molecule has 4 atom stereocenters. The third kappa shape index (κ3) is 8.15. The first kappa shape index (κ1) is 24.0. The van der Waals surface area contributed by atoms with E-state index in [4.69, 9.17) is 5.11 Å². The van der Waals surface area contributed by atoms with Crippen LogP contribution in [0.5, 0.6) is 0 Å². The van der Waals surface area contributed by atoms with Gasteiger partial charge in [0.15, 0.2) is 0 Å². The molecule has 0 aromatic carbocycles. The van der Waals surface area contributed by atoms with Gasteiger partial charge in [-0.2, -0.15) is 0 Å². The summed E-state index contributed by atoms with van der Waals surface area (Å²) >= 11 is 5.07. The quantitative estimate of drug-likeness (QED) is 0.205. The van der Waals surface area contributed by atoms with Crippen LogP contribution in [-0.4, -0.2) is 41.5 Å². The van der Waals surface area contributed by atoms with E-state index in [1.807, 2.05) is 35.6 Å². The predicted octanol–water partition coefficient (Wildman–Crippen LogP) is 4.09. The number of carboxylic acid groups (broad SMARTS) is 1. The molecule has 1 heterocycles. The van der Waals surface area contributed by atoms with Crippen molar-refractivity contribution < 1.29 is 19.8 Å². The average molecular weight is 479 g/mol. The summed E-state index contributed by atoms with van der Waals surface area (Å²) in [6.07, 6.45) is 11.3. The molecule has 1 saturated carbocycles. The summed E-state index contributed by atoms with van der Waals surface area (Å²) in [6.45, 7) is 0. The number of rotatable bonds is 12. The minimum atomic E-state index is -0.778. The number of unbranched alkanes of at least 4 members (excludes halogenated alkanes) is 1. The maximum atomic E-state index is 12.3. The summed E-state index contributed by atoms with van der Waals surface area (Å²) in [5, 5.41) is 21.2. The van der Waals surface area contributed by atoms with Crippen LogP contribution in [0.25, 0.3) is 0 Å². The Morgan fingerprint density at radius 2 is 2.10 bits per heavy atom. The van der Waals surface area contributed by atoms with Gasteiger partial charge in [0.1, 0.15) is 0 Å². The second-order valence-corrected chi connectivity index (χ2v) is 9.41. The number of halogens is 1. The Hall–Kier alpha value is -1.31. The van der Waals surface area contributed by atoms with E-state index in [1.165, 1.54) is 4.88 Å². The van der Waals surface area contributed by atoms with Gasteiger partial charge in [-0.15, -0.1) is 0 Å². The number of thiophene rings is 1. The van der Waals surface area contributed by atoms with E-state index in [0.29, 0.717) is 25.7 Å².